The van der Waals surface area contributed by atoms with E-state index in [9.17, 15) is 31.2 Å². The molecule has 10 heteroatoms. The van der Waals surface area contributed by atoms with Crippen LogP contribution in [-0.2, 0) is 14.6 Å². The maximum Gasteiger partial charge on any atom is 0.451 e. The number of carbonyl (C=O) groups excluding carboxylic acids is 2. The zero-order chi connectivity index (χ0) is 19.7. The molecule has 0 aliphatic heterocycles. The summed E-state index contributed by atoms with van der Waals surface area (Å²) in [5, 5.41) is -0.381. The van der Waals surface area contributed by atoms with E-state index in [2.05, 4.69) is 4.98 Å². The number of sulfone groups is 1. The van der Waals surface area contributed by atoms with Gasteiger partial charge in [0.1, 0.15) is 5.92 Å². The largest absolute Gasteiger partial charge is 0.451 e. The van der Waals surface area contributed by atoms with Crippen LogP contribution in [0.15, 0.2) is 47.5 Å². The average molecular weight is 406 g/mol. The van der Waals surface area contributed by atoms with Crippen molar-refractivity contribution < 1.29 is 31.2 Å². The molecule has 0 aliphatic rings. The molecule has 2 rings (SSSR count). The van der Waals surface area contributed by atoms with E-state index in [-0.39, 0.29) is 15.6 Å². The number of ketones is 2. The highest BCUT2D eigenvalue weighted by molar-refractivity contribution is 7.90. The third-order valence-electron chi connectivity index (χ3n) is 3.42. The molecule has 2 aromatic rings. The van der Waals surface area contributed by atoms with Crippen LogP contribution in [0.4, 0.5) is 13.2 Å². The van der Waals surface area contributed by atoms with Gasteiger partial charge in [-0.3, -0.25) is 14.6 Å². The zero-order valence-corrected chi connectivity index (χ0v) is 14.7. The second kappa shape index (κ2) is 7.16. The first-order chi connectivity index (χ1) is 11.9. The maximum absolute atomic E-state index is 12.9. The summed E-state index contributed by atoms with van der Waals surface area (Å²) in [6.45, 7) is 0. The number of alkyl halides is 3. The maximum atomic E-state index is 12.9. The molecule has 1 atom stereocenters. The van der Waals surface area contributed by atoms with Crippen molar-refractivity contribution in [2.24, 2.45) is 0 Å². The van der Waals surface area contributed by atoms with Crippen molar-refractivity contribution in [1.29, 1.82) is 0 Å². The highest BCUT2D eigenvalue weighted by atomic mass is 35.5. The first kappa shape index (κ1) is 20.1. The Kier molecular flexibility index (Phi) is 5.52. The van der Waals surface area contributed by atoms with Crippen molar-refractivity contribution in [3.63, 3.8) is 0 Å². The van der Waals surface area contributed by atoms with E-state index in [0.717, 1.165) is 36.7 Å². The molecule has 5 nitrogen and oxygen atoms in total. The number of hydrogen-bond acceptors (Lipinski definition) is 5. The predicted molar refractivity (Wildman–Crippen MR) is 86.9 cm³/mol. The van der Waals surface area contributed by atoms with Gasteiger partial charge in [0.25, 0.3) is 5.78 Å². The lowest BCUT2D eigenvalue weighted by atomic mass is 9.90. The van der Waals surface area contributed by atoms with Crippen LogP contribution in [0.25, 0.3) is 0 Å². The fraction of sp³-hybridized carbons (Fsp3) is 0.188. The van der Waals surface area contributed by atoms with Gasteiger partial charge in [-0.25, -0.2) is 8.42 Å². The summed E-state index contributed by atoms with van der Waals surface area (Å²) in [4.78, 5) is 27.9. The molecule has 0 radical (unpaired) electrons. The normalized spacial score (nSPS) is 13.3. The van der Waals surface area contributed by atoms with Crippen molar-refractivity contribution in [2.75, 3.05) is 6.26 Å². The van der Waals surface area contributed by atoms with Crippen molar-refractivity contribution in [3.8, 4) is 0 Å². The minimum Gasteiger partial charge on any atom is -0.293 e. The molecule has 1 unspecified atom stereocenters. The van der Waals surface area contributed by atoms with Crippen LogP contribution < -0.4 is 0 Å². The van der Waals surface area contributed by atoms with E-state index >= 15 is 0 Å². The number of hydrogen-bond donors (Lipinski definition) is 0. The first-order valence-electron chi connectivity index (χ1n) is 6.98. The summed E-state index contributed by atoms with van der Waals surface area (Å²) < 4.78 is 61.8. The van der Waals surface area contributed by atoms with Crippen molar-refractivity contribution in [2.45, 2.75) is 17.0 Å². The summed E-state index contributed by atoms with van der Waals surface area (Å²) in [6, 6.07) is 6.81. The van der Waals surface area contributed by atoms with E-state index < -0.39 is 39.1 Å². The lowest BCUT2D eigenvalue weighted by Crippen LogP contribution is -2.34. The minimum absolute atomic E-state index is 0.212. The van der Waals surface area contributed by atoms with Crippen LogP contribution in [0.1, 0.15) is 22.0 Å². The number of carbonyl (C=O) groups is 2. The topological polar surface area (TPSA) is 81.2 Å². The Labute approximate surface area is 151 Å². The van der Waals surface area contributed by atoms with Gasteiger partial charge < -0.3 is 0 Å². The van der Waals surface area contributed by atoms with E-state index in [1.807, 2.05) is 0 Å². The number of benzene rings is 1. The molecular formula is C16H11ClF3NO4S. The van der Waals surface area contributed by atoms with Gasteiger partial charge in [-0.05, 0) is 30.3 Å². The van der Waals surface area contributed by atoms with Crippen LogP contribution >= 0.6 is 11.6 Å². The summed E-state index contributed by atoms with van der Waals surface area (Å²) >= 11 is 5.88. The molecular weight excluding hydrogens is 395 g/mol. The number of halogens is 4. The van der Waals surface area contributed by atoms with Crippen molar-refractivity contribution >= 4 is 33.0 Å². The van der Waals surface area contributed by atoms with E-state index in [4.69, 9.17) is 11.6 Å². The number of pyridine rings is 1. The number of rotatable bonds is 5. The second-order valence-electron chi connectivity index (χ2n) is 5.33. The Morgan fingerprint density at radius 1 is 1.15 bits per heavy atom. The second-order valence-corrected chi connectivity index (χ2v) is 7.75. The third-order valence-corrected chi connectivity index (χ3v) is 4.84. The SMILES string of the molecule is CS(=O)(=O)c1ccc(C(=O)C(C(=O)C(F)(F)F)c2ccccn2)c(Cl)c1. The standard InChI is InChI=1S/C16H11ClF3NO4S/c1-26(24,25)9-5-6-10(11(17)8-9)14(22)13(15(23)16(18,19)20)12-4-2-3-7-21-12/h2-8,13H,1H3. The summed E-state index contributed by atoms with van der Waals surface area (Å²) in [5.41, 5.74) is -0.796. The lowest BCUT2D eigenvalue weighted by Gasteiger charge is -2.17. The molecule has 1 aromatic heterocycles. The smallest absolute Gasteiger partial charge is 0.293 e. The van der Waals surface area contributed by atoms with Gasteiger partial charge in [0.15, 0.2) is 15.6 Å². The van der Waals surface area contributed by atoms with Crippen LogP contribution in [0.2, 0.25) is 5.02 Å². The number of aromatic nitrogens is 1. The van der Waals surface area contributed by atoms with Crippen molar-refractivity contribution in [3.05, 3.63) is 58.9 Å². The van der Waals surface area contributed by atoms with Gasteiger partial charge in [0.05, 0.1) is 15.6 Å². The van der Waals surface area contributed by atoms with Gasteiger partial charge in [-0.2, -0.15) is 13.2 Å². The van der Waals surface area contributed by atoms with Gasteiger partial charge in [-0.1, -0.05) is 17.7 Å². The van der Waals surface area contributed by atoms with Crippen LogP contribution in [0, 0.1) is 0 Å². The average Bonchev–Trinajstić information content (AvgIpc) is 2.54. The van der Waals surface area contributed by atoms with E-state index in [1.54, 1.807) is 0 Å². The molecule has 0 bridgehead atoms. The molecule has 0 saturated carbocycles. The molecule has 0 spiro atoms. The van der Waals surface area contributed by atoms with Crippen LogP contribution in [0.5, 0.6) is 0 Å². The van der Waals surface area contributed by atoms with Gasteiger partial charge in [0.2, 0.25) is 0 Å². The molecule has 1 aromatic carbocycles. The lowest BCUT2D eigenvalue weighted by molar-refractivity contribution is -0.171. The molecule has 1 heterocycles. The Hall–Kier alpha value is -2.26. The Morgan fingerprint density at radius 3 is 2.27 bits per heavy atom. The molecule has 0 N–H and O–H groups in total. The Morgan fingerprint density at radius 2 is 1.81 bits per heavy atom. The van der Waals surface area contributed by atoms with Gasteiger partial charge in [-0.15, -0.1) is 0 Å². The molecule has 138 valence electrons. The Bertz CT molecular complexity index is 959. The van der Waals surface area contributed by atoms with Gasteiger partial charge in [0, 0.05) is 18.0 Å². The fourth-order valence-electron chi connectivity index (χ4n) is 2.18. The van der Waals surface area contributed by atoms with Crippen LogP contribution in [0.3, 0.4) is 0 Å². The summed E-state index contributed by atoms with van der Waals surface area (Å²) in [7, 11) is -3.63. The molecule has 26 heavy (non-hydrogen) atoms. The first-order valence-corrected chi connectivity index (χ1v) is 9.25. The van der Waals surface area contributed by atoms with Crippen LogP contribution in [-0.4, -0.2) is 37.4 Å². The zero-order valence-electron chi connectivity index (χ0n) is 13.1. The highest BCUT2D eigenvalue weighted by Gasteiger charge is 2.47. The molecule has 0 amide bonds. The van der Waals surface area contributed by atoms with E-state index in [0.29, 0.717) is 0 Å². The third kappa shape index (κ3) is 4.28. The molecule has 0 aliphatic carbocycles. The van der Waals surface area contributed by atoms with Crippen molar-refractivity contribution in [1.82, 2.24) is 4.98 Å². The van der Waals surface area contributed by atoms with E-state index in [1.165, 1.54) is 12.1 Å². The molecule has 0 fully saturated rings. The quantitative estimate of drug-likeness (QED) is 0.563. The Balaban J connectivity index is 2.56. The number of nitrogens with zero attached hydrogens (tertiary/aromatic N) is 1. The highest BCUT2D eigenvalue weighted by Crippen LogP contribution is 2.32. The van der Waals surface area contributed by atoms with Gasteiger partial charge >= 0.3 is 6.18 Å². The predicted octanol–water partition coefficient (Wildman–Crippen LogP) is 3.24. The minimum atomic E-state index is -5.27. The molecule has 0 saturated heterocycles. The number of Topliss-reactive ketones (excluding diaryl/α,β-unsaturated/α-hetero) is 2. The summed E-state index contributed by atoms with van der Waals surface area (Å²) in [6.07, 6.45) is -3.21. The monoisotopic (exact) mass is 405 g/mol. The summed E-state index contributed by atoms with van der Waals surface area (Å²) in [5.74, 6) is -5.75. The fourth-order valence-corrected chi connectivity index (χ4v) is 3.17.